The maximum absolute atomic E-state index is 13.2. The molecule has 1 aliphatic heterocycles. The molecule has 2 aromatic rings. The Morgan fingerprint density at radius 2 is 1.74 bits per heavy atom. The summed E-state index contributed by atoms with van der Waals surface area (Å²) in [5.74, 6) is 0.647. The van der Waals surface area contributed by atoms with Crippen molar-refractivity contribution in [3.05, 3.63) is 50.6 Å². The van der Waals surface area contributed by atoms with Gasteiger partial charge >= 0.3 is 6.03 Å². The third-order valence-corrected chi connectivity index (χ3v) is 5.86. The minimum absolute atomic E-state index is 0.0515. The van der Waals surface area contributed by atoms with Crippen LogP contribution in [-0.2, 0) is 16.1 Å². The summed E-state index contributed by atoms with van der Waals surface area (Å²) in [5, 5.41) is 2.24. The zero-order valence-corrected chi connectivity index (χ0v) is 22.1. The van der Waals surface area contributed by atoms with Gasteiger partial charge in [-0.1, -0.05) is 13.0 Å². The van der Waals surface area contributed by atoms with Crippen LogP contribution in [0.25, 0.3) is 6.08 Å². The van der Waals surface area contributed by atoms with Gasteiger partial charge in [-0.25, -0.2) is 4.79 Å². The third-order valence-electron chi connectivity index (χ3n) is 5.06. The molecule has 1 N–H and O–H groups in total. The second kappa shape index (κ2) is 11.9. The number of carbonyl (C=O) groups excluding carboxylic acids is 3. The van der Waals surface area contributed by atoms with E-state index in [0.717, 1.165) is 14.9 Å². The van der Waals surface area contributed by atoms with Gasteiger partial charge in [0.1, 0.15) is 5.57 Å². The highest BCUT2D eigenvalue weighted by atomic mass is 127. The van der Waals surface area contributed by atoms with E-state index in [-0.39, 0.29) is 12.1 Å². The fourth-order valence-electron chi connectivity index (χ4n) is 3.46. The minimum atomic E-state index is -0.790. The van der Waals surface area contributed by atoms with Crippen molar-refractivity contribution in [2.75, 3.05) is 27.4 Å². The molecular formula is C25H27IN2O7. The zero-order valence-electron chi connectivity index (χ0n) is 20.0. The second-order valence-corrected chi connectivity index (χ2v) is 8.67. The van der Waals surface area contributed by atoms with Crippen LogP contribution in [0.15, 0.2) is 35.9 Å². The number of nitrogens with zero attached hydrogens (tertiary/aromatic N) is 1. The predicted molar refractivity (Wildman–Crippen MR) is 138 cm³/mol. The van der Waals surface area contributed by atoms with Crippen LogP contribution in [0.3, 0.4) is 0 Å². The van der Waals surface area contributed by atoms with Crippen molar-refractivity contribution in [1.29, 1.82) is 0 Å². The summed E-state index contributed by atoms with van der Waals surface area (Å²) in [6.45, 7) is 4.74. The van der Waals surface area contributed by atoms with E-state index >= 15 is 0 Å². The highest BCUT2D eigenvalue weighted by Crippen LogP contribution is 2.35. The molecule has 1 heterocycles. The van der Waals surface area contributed by atoms with Crippen LogP contribution in [0.2, 0.25) is 0 Å². The number of imide groups is 2. The molecule has 35 heavy (non-hydrogen) atoms. The molecule has 0 aromatic heterocycles. The van der Waals surface area contributed by atoms with E-state index in [1.807, 2.05) is 13.8 Å². The lowest BCUT2D eigenvalue weighted by molar-refractivity contribution is -0.130. The van der Waals surface area contributed by atoms with Gasteiger partial charge < -0.3 is 18.9 Å². The molecule has 0 aliphatic carbocycles. The van der Waals surface area contributed by atoms with Crippen LogP contribution in [0, 0.1) is 3.57 Å². The Bertz CT molecular complexity index is 1160. The lowest BCUT2D eigenvalue weighted by Crippen LogP contribution is -2.53. The fraction of sp³-hybridized carbons (Fsp3) is 0.320. The molecule has 3 rings (SSSR count). The predicted octanol–water partition coefficient (Wildman–Crippen LogP) is 4.16. The molecule has 0 bridgehead atoms. The Morgan fingerprint density at radius 3 is 2.40 bits per heavy atom. The highest BCUT2D eigenvalue weighted by Gasteiger charge is 2.36. The van der Waals surface area contributed by atoms with Crippen molar-refractivity contribution < 1.29 is 33.3 Å². The summed E-state index contributed by atoms with van der Waals surface area (Å²) in [6, 6.07) is 7.82. The second-order valence-electron chi connectivity index (χ2n) is 7.51. The largest absolute Gasteiger partial charge is 0.493 e. The summed E-state index contributed by atoms with van der Waals surface area (Å²) in [5.41, 5.74) is 1.04. The Hall–Kier alpha value is -3.28. The first-order chi connectivity index (χ1) is 16.8. The first kappa shape index (κ1) is 26.3. The summed E-state index contributed by atoms with van der Waals surface area (Å²) in [6.07, 6.45) is 2.28. The first-order valence-corrected chi connectivity index (χ1v) is 12.1. The number of hydrogen-bond acceptors (Lipinski definition) is 7. The highest BCUT2D eigenvalue weighted by molar-refractivity contribution is 14.1. The number of barbiturate groups is 1. The van der Waals surface area contributed by atoms with E-state index in [2.05, 4.69) is 27.9 Å². The first-order valence-electron chi connectivity index (χ1n) is 11.0. The van der Waals surface area contributed by atoms with Gasteiger partial charge in [0.25, 0.3) is 11.8 Å². The lowest BCUT2D eigenvalue weighted by Gasteiger charge is -2.26. The molecule has 2 aromatic carbocycles. The molecule has 1 saturated heterocycles. The van der Waals surface area contributed by atoms with Gasteiger partial charge in [0.2, 0.25) is 0 Å². The van der Waals surface area contributed by atoms with Crippen LogP contribution >= 0.6 is 22.6 Å². The van der Waals surface area contributed by atoms with Crippen molar-refractivity contribution in [2.24, 2.45) is 0 Å². The number of amides is 4. The Morgan fingerprint density at radius 1 is 0.971 bits per heavy atom. The molecule has 4 amide bonds. The quantitative estimate of drug-likeness (QED) is 0.251. The SMILES string of the molecule is CCCOc1ccc(CN2C(=O)NC(=O)/C(=C\c3cc(I)c(OC)c(OCC)c3)C2=O)cc1OC. The van der Waals surface area contributed by atoms with Crippen molar-refractivity contribution in [3.63, 3.8) is 0 Å². The van der Waals surface area contributed by atoms with Crippen LogP contribution in [-0.4, -0.2) is 50.2 Å². The summed E-state index contributed by atoms with van der Waals surface area (Å²) >= 11 is 2.09. The third kappa shape index (κ3) is 6.05. The van der Waals surface area contributed by atoms with E-state index in [4.69, 9.17) is 18.9 Å². The molecule has 1 fully saturated rings. The van der Waals surface area contributed by atoms with Crippen molar-refractivity contribution in [1.82, 2.24) is 10.2 Å². The molecular weight excluding hydrogens is 567 g/mol. The molecule has 0 spiro atoms. The van der Waals surface area contributed by atoms with Gasteiger partial charge in [-0.3, -0.25) is 19.8 Å². The summed E-state index contributed by atoms with van der Waals surface area (Å²) < 4.78 is 22.8. The summed E-state index contributed by atoms with van der Waals surface area (Å²) in [7, 11) is 3.06. The van der Waals surface area contributed by atoms with Gasteiger partial charge in [0.15, 0.2) is 23.0 Å². The molecule has 1 aliphatic rings. The lowest BCUT2D eigenvalue weighted by atomic mass is 10.1. The Labute approximate surface area is 217 Å². The number of hydrogen-bond donors (Lipinski definition) is 1. The number of carbonyl (C=O) groups is 3. The monoisotopic (exact) mass is 594 g/mol. The molecule has 0 saturated carbocycles. The van der Waals surface area contributed by atoms with E-state index in [0.29, 0.717) is 47.3 Å². The van der Waals surface area contributed by atoms with Gasteiger partial charge in [0.05, 0.1) is 37.5 Å². The van der Waals surface area contributed by atoms with Crippen molar-refractivity contribution >= 4 is 46.5 Å². The molecule has 0 unspecified atom stereocenters. The number of rotatable bonds is 10. The number of nitrogens with one attached hydrogen (secondary N) is 1. The molecule has 9 nitrogen and oxygen atoms in total. The normalized spacial score (nSPS) is 14.7. The number of methoxy groups -OCH3 is 2. The molecule has 0 atom stereocenters. The average Bonchev–Trinajstić information content (AvgIpc) is 2.83. The van der Waals surface area contributed by atoms with Crippen LogP contribution in [0.4, 0.5) is 4.79 Å². The van der Waals surface area contributed by atoms with E-state index in [1.165, 1.54) is 20.3 Å². The number of ether oxygens (including phenoxy) is 4. The maximum atomic E-state index is 13.2. The van der Waals surface area contributed by atoms with Crippen LogP contribution < -0.4 is 24.3 Å². The summed E-state index contributed by atoms with van der Waals surface area (Å²) in [4.78, 5) is 39.2. The Kier molecular flexibility index (Phi) is 8.96. The zero-order chi connectivity index (χ0) is 25.5. The van der Waals surface area contributed by atoms with Gasteiger partial charge in [-0.05, 0) is 77.4 Å². The van der Waals surface area contributed by atoms with Gasteiger partial charge in [0, 0.05) is 0 Å². The number of urea groups is 1. The van der Waals surface area contributed by atoms with Gasteiger partial charge in [-0.15, -0.1) is 0 Å². The number of benzene rings is 2. The smallest absolute Gasteiger partial charge is 0.331 e. The van der Waals surface area contributed by atoms with E-state index in [1.54, 1.807) is 30.3 Å². The van der Waals surface area contributed by atoms with E-state index in [9.17, 15) is 14.4 Å². The average molecular weight is 594 g/mol. The molecule has 10 heteroatoms. The standard InChI is InChI=1S/C25H27IN2O7/c1-5-9-35-19-8-7-15(12-20(19)32-3)14-28-24(30)17(23(29)27-25(28)31)10-16-11-18(26)22(33-4)21(13-16)34-6-2/h7-8,10-13H,5-6,9,14H2,1-4H3,(H,27,29,31)/b17-10+. The molecule has 0 radical (unpaired) electrons. The number of halogens is 1. The molecule has 186 valence electrons. The van der Waals surface area contributed by atoms with Crippen LogP contribution in [0.5, 0.6) is 23.0 Å². The van der Waals surface area contributed by atoms with Gasteiger partial charge in [-0.2, -0.15) is 0 Å². The minimum Gasteiger partial charge on any atom is -0.493 e. The van der Waals surface area contributed by atoms with Crippen LogP contribution in [0.1, 0.15) is 31.4 Å². The van der Waals surface area contributed by atoms with Crippen molar-refractivity contribution in [2.45, 2.75) is 26.8 Å². The maximum Gasteiger partial charge on any atom is 0.331 e. The Balaban J connectivity index is 1.91. The van der Waals surface area contributed by atoms with E-state index < -0.39 is 17.8 Å². The fourth-order valence-corrected chi connectivity index (χ4v) is 4.31. The van der Waals surface area contributed by atoms with Crippen molar-refractivity contribution in [3.8, 4) is 23.0 Å². The topological polar surface area (TPSA) is 103 Å².